The first-order valence-electron chi connectivity index (χ1n) is 7.37. The van der Waals surface area contributed by atoms with Crippen molar-refractivity contribution < 1.29 is 0 Å². The first-order valence-corrected chi connectivity index (χ1v) is 7.37. The van der Waals surface area contributed by atoms with Crippen molar-refractivity contribution in [3.8, 4) is 0 Å². The van der Waals surface area contributed by atoms with E-state index in [4.69, 9.17) is 0 Å². The summed E-state index contributed by atoms with van der Waals surface area (Å²) in [6.07, 6.45) is 2.13. The normalized spacial score (nSPS) is 14.2. The van der Waals surface area contributed by atoms with Crippen LogP contribution in [0.1, 0.15) is 36.2 Å². The van der Waals surface area contributed by atoms with Crippen LogP contribution in [0.3, 0.4) is 0 Å². The predicted octanol–water partition coefficient (Wildman–Crippen LogP) is 3.05. The Morgan fingerprint density at radius 3 is 2.45 bits per heavy atom. The maximum atomic E-state index is 4.45. The quantitative estimate of drug-likeness (QED) is 0.875. The molecule has 0 aliphatic carbocycles. The van der Waals surface area contributed by atoms with E-state index in [2.05, 4.69) is 60.8 Å². The summed E-state index contributed by atoms with van der Waals surface area (Å²) in [5, 5.41) is 7.94. The Bertz CT molecular complexity index is 530. The van der Waals surface area contributed by atoms with Gasteiger partial charge in [0.15, 0.2) is 0 Å². The van der Waals surface area contributed by atoms with E-state index >= 15 is 0 Å². The smallest absolute Gasteiger partial charge is 0.0596 e. The number of likely N-dealkylation sites (N-methyl/N-ethyl adjacent to an activating group) is 1. The highest BCUT2D eigenvalue weighted by atomic mass is 15.3. The van der Waals surface area contributed by atoms with E-state index in [1.54, 1.807) is 0 Å². The molecule has 0 bridgehead atoms. The van der Waals surface area contributed by atoms with Crippen LogP contribution in [0.25, 0.3) is 0 Å². The molecule has 1 aromatic carbocycles. The summed E-state index contributed by atoms with van der Waals surface area (Å²) in [5.41, 5.74) is 3.79. The summed E-state index contributed by atoms with van der Waals surface area (Å²) < 4.78 is 2.00. The Hall–Kier alpha value is -1.61. The monoisotopic (exact) mass is 271 g/mol. The third kappa shape index (κ3) is 3.28. The second-order valence-electron chi connectivity index (χ2n) is 5.43. The second-order valence-corrected chi connectivity index (χ2v) is 5.43. The van der Waals surface area contributed by atoms with Crippen molar-refractivity contribution >= 4 is 0 Å². The second kappa shape index (κ2) is 6.71. The molecule has 1 N–H and O–H groups in total. The fourth-order valence-corrected chi connectivity index (χ4v) is 2.98. The molecule has 0 saturated heterocycles. The summed E-state index contributed by atoms with van der Waals surface area (Å²) in [6.45, 7) is 4.31. The molecule has 20 heavy (non-hydrogen) atoms. The standard InChI is InChI=1S/C17H25N3/c1-5-16(14-9-7-6-8-10-14)17(18-3)12-15-11-13(2)19-20(15)4/h6-11,16-18H,5,12H2,1-4H3. The number of rotatable bonds is 6. The van der Waals surface area contributed by atoms with Gasteiger partial charge in [-0.15, -0.1) is 0 Å². The average Bonchev–Trinajstić information content (AvgIpc) is 2.77. The molecule has 0 spiro atoms. The van der Waals surface area contributed by atoms with Crippen LogP contribution in [0.15, 0.2) is 36.4 Å². The van der Waals surface area contributed by atoms with Crippen LogP contribution in [0.4, 0.5) is 0 Å². The zero-order chi connectivity index (χ0) is 14.5. The van der Waals surface area contributed by atoms with Crippen LogP contribution in [0, 0.1) is 6.92 Å². The first kappa shape index (κ1) is 14.8. The van der Waals surface area contributed by atoms with E-state index in [1.165, 1.54) is 11.3 Å². The van der Waals surface area contributed by atoms with Gasteiger partial charge in [0.1, 0.15) is 0 Å². The molecule has 3 nitrogen and oxygen atoms in total. The molecule has 0 aliphatic rings. The van der Waals surface area contributed by atoms with Crippen molar-refractivity contribution in [1.82, 2.24) is 15.1 Å². The number of hydrogen-bond acceptors (Lipinski definition) is 2. The lowest BCUT2D eigenvalue weighted by Crippen LogP contribution is -2.34. The molecule has 0 amide bonds. The Labute approximate surface area is 122 Å². The van der Waals surface area contributed by atoms with Crippen molar-refractivity contribution in [3.63, 3.8) is 0 Å². The van der Waals surface area contributed by atoms with Gasteiger partial charge in [-0.25, -0.2) is 0 Å². The number of aromatic nitrogens is 2. The van der Waals surface area contributed by atoms with E-state index < -0.39 is 0 Å². The van der Waals surface area contributed by atoms with Gasteiger partial charge in [-0.05, 0) is 37.9 Å². The highest BCUT2D eigenvalue weighted by Crippen LogP contribution is 2.25. The molecular formula is C17H25N3. The molecule has 2 unspecified atom stereocenters. The van der Waals surface area contributed by atoms with Gasteiger partial charge in [-0.2, -0.15) is 5.10 Å². The lowest BCUT2D eigenvalue weighted by atomic mass is 9.86. The minimum atomic E-state index is 0.428. The van der Waals surface area contributed by atoms with Gasteiger partial charge in [0, 0.05) is 25.2 Å². The number of aryl methyl sites for hydroxylation is 2. The molecular weight excluding hydrogens is 246 g/mol. The first-order chi connectivity index (χ1) is 9.65. The van der Waals surface area contributed by atoms with Gasteiger partial charge >= 0.3 is 0 Å². The molecule has 0 radical (unpaired) electrons. The van der Waals surface area contributed by atoms with Crippen LogP contribution in [0.5, 0.6) is 0 Å². The zero-order valence-corrected chi connectivity index (χ0v) is 12.9. The summed E-state index contributed by atoms with van der Waals surface area (Å²) in [4.78, 5) is 0. The molecule has 3 heteroatoms. The maximum Gasteiger partial charge on any atom is 0.0596 e. The van der Waals surface area contributed by atoms with Gasteiger partial charge in [0.05, 0.1) is 5.69 Å². The van der Waals surface area contributed by atoms with Crippen molar-refractivity contribution in [2.75, 3.05) is 7.05 Å². The van der Waals surface area contributed by atoms with E-state index in [-0.39, 0.29) is 0 Å². The van der Waals surface area contributed by atoms with E-state index in [9.17, 15) is 0 Å². The van der Waals surface area contributed by atoms with Gasteiger partial charge in [-0.1, -0.05) is 37.3 Å². The van der Waals surface area contributed by atoms with Gasteiger partial charge in [-0.3, -0.25) is 4.68 Å². The van der Waals surface area contributed by atoms with E-state index in [0.717, 1.165) is 18.5 Å². The van der Waals surface area contributed by atoms with Gasteiger partial charge in [0.2, 0.25) is 0 Å². The Morgan fingerprint density at radius 1 is 1.25 bits per heavy atom. The SMILES string of the molecule is CCC(c1ccccc1)C(Cc1cc(C)nn1C)NC. The fourth-order valence-electron chi connectivity index (χ4n) is 2.98. The lowest BCUT2D eigenvalue weighted by Gasteiger charge is -2.26. The van der Waals surface area contributed by atoms with Crippen molar-refractivity contribution in [1.29, 1.82) is 0 Å². The molecule has 2 rings (SSSR count). The Balaban J connectivity index is 2.20. The van der Waals surface area contributed by atoms with Crippen molar-refractivity contribution in [3.05, 3.63) is 53.3 Å². The Kier molecular flexibility index (Phi) is 4.96. The minimum Gasteiger partial charge on any atom is -0.316 e. The number of benzene rings is 1. The topological polar surface area (TPSA) is 29.9 Å². The summed E-state index contributed by atoms with van der Waals surface area (Å²) >= 11 is 0. The molecule has 2 atom stereocenters. The molecule has 108 valence electrons. The van der Waals surface area contributed by atoms with Crippen LogP contribution in [-0.2, 0) is 13.5 Å². The molecule has 0 fully saturated rings. The highest BCUT2D eigenvalue weighted by molar-refractivity contribution is 5.22. The molecule has 2 aromatic rings. The number of nitrogens with zero attached hydrogens (tertiary/aromatic N) is 2. The number of nitrogens with one attached hydrogen (secondary N) is 1. The van der Waals surface area contributed by atoms with Crippen LogP contribution < -0.4 is 5.32 Å². The van der Waals surface area contributed by atoms with Gasteiger partial charge < -0.3 is 5.32 Å². The average molecular weight is 271 g/mol. The Morgan fingerprint density at radius 2 is 1.95 bits per heavy atom. The zero-order valence-electron chi connectivity index (χ0n) is 12.9. The van der Waals surface area contributed by atoms with Crippen molar-refractivity contribution in [2.24, 2.45) is 7.05 Å². The van der Waals surface area contributed by atoms with Crippen molar-refractivity contribution in [2.45, 2.75) is 38.6 Å². The van der Waals surface area contributed by atoms with E-state index in [1.807, 2.05) is 18.7 Å². The fraction of sp³-hybridized carbons (Fsp3) is 0.471. The summed E-state index contributed by atoms with van der Waals surface area (Å²) in [7, 11) is 4.08. The highest BCUT2D eigenvalue weighted by Gasteiger charge is 2.21. The molecule has 1 aromatic heterocycles. The lowest BCUT2D eigenvalue weighted by molar-refractivity contribution is 0.438. The number of hydrogen-bond donors (Lipinski definition) is 1. The molecule has 1 heterocycles. The van der Waals surface area contributed by atoms with Gasteiger partial charge in [0.25, 0.3) is 0 Å². The molecule has 0 saturated carbocycles. The maximum absolute atomic E-state index is 4.45. The summed E-state index contributed by atoms with van der Waals surface area (Å²) in [6, 6.07) is 13.4. The predicted molar refractivity (Wildman–Crippen MR) is 84.0 cm³/mol. The third-order valence-corrected chi connectivity index (χ3v) is 4.05. The molecule has 0 aliphatic heterocycles. The largest absolute Gasteiger partial charge is 0.316 e. The summed E-state index contributed by atoms with van der Waals surface area (Å²) in [5.74, 6) is 0.524. The van der Waals surface area contributed by atoms with E-state index in [0.29, 0.717) is 12.0 Å². The van der Waals surface area contributed by atoms with Crippen LogP contribution in [-0.4, -0.2) is 22.9 Å². The third-order valence-electron chi connectivity index (χ3n) is 4.05. The van der Waals surface area contributed by atoms with Crippen LogP contribution in [0.2, 0.25) is 0 Å². The minimum absolute atomic E-state index is 0.428. The van der Waals surface area contributed by atoms with Crippen LogP contribution >= 0.6 is 0 Å².